The van der Waals surface area contributed by atoms with Gasteiger partial charge in [-0.15, -0.1) is 0 Å². The topological polar surface area (TPSA) is 119 Å². The lowest BCUT2D eigenvalue weighted by Crippen LogP contribution is -2.27. The number of rotatable bonds is 9. The molecule has 4 rings (SSSR count). The predicted molar refractivity (Wildman–Crippen MR) is 131 cm³/mol. The highest BCUT2D eigenvalue weighted by Crippen LogP contribution is 2.26. The van der Waals surface area contributed by atoms with Crippen molar-refractivity contribution in [2.45, 2.75) is 39.0 Å². The Morgan fingerprint density at radius 3 is 2.20 bits per heavy atom. The molecular weight excluding hydrogens is 468 g/mol. The van der Waals surface area contributed by atoms with Gasteiger partial charge in [-0.25, -0.2) is 18.4 Å². The van der Waals surface area contributed by atoms with E-state index in [0.29, 0.717) is 22.9 Å². The van der Waals surface area contributed by atoms with E-state index in [0.717, 1.165) is 11.1 Å². The number of nitrogens with zero attached hydrogens (tertiary/aromatic N) is 3. The van der Waals surface area contributed by atoms with E-state index in [1.165, 1.54) is 13.1 Å². The predicted octanol–water partition coefficient (Wildman–Crippen LogP) is 4.53. The number of carbonyl (C=O) groups excluding carboxylic acids is 1. The zero-order chi connectivity index (χ0) is 25.0. The lowest BCUT2D eigenvalue weighted by atomic mass is 10.1. The summed E-state index contributed by atoms with van der Waals surface area (Å²) in [5.74, 6) is 0.541. The summed E-state index contributed by atoms with van der Waals surface area (Å²) < 4.78 is 36.0. The van der Waals surface area contributed by atoms with E-state index in [2.05, 4.69) is 15.3 Å². The summed E-state index contributed by atoms with van der Waals surface area (Å²) in [5.41, 5.74) is 2.95. The van der Waals surface area contributed by atoms with E-state index >= 15 is 0 Å². The molecule has 0 aliphatic carbocycles. The van der Waals surface area contributed by atoms with Crippen molar-refractivity contribution < 1.29 is 22.0 Å². The second-order valence-electron chi connectivity index (χ2n) is 8.06. The van der Waals surface area contributed by atoms with Crippen LogP contribution in [-0.2, 0) is 22.9 Å². The van der Waals surface area contributed by atoms with Crippen molar-refractivity contribution in [1.82, 2.24) is 9.97 Å². The van der Waals surface area contributed by atoms with Gasteiger partial charge in [-0.2, -0.15) is 0 Å². The highest BCUT2D eigenvalue weighted by Gasteiger charge is 2.25. The van der Waals surface area contributed by atoms with E-state index in [-0.39, 0.29) is 24.5 Å². The number of amides is 1. The van der Waals surface area contributed by atoms with Crippen molar-refractivity contribution >= 4 is 27.1 Å². The molecule has 0 saturated heterocycles. The molecule has 10 heteroatoms. The Morgan fingerprint density at radius 1 is 1.00 bits per heavy atom. The number of benzene rings is 1. The molecule has 182 valence electrons. The fourth-order valence-corrected chi connectivity index (χ4v) is 4.16. The molecule has 0 unspecified atom stereocenters. The summed E-state index contributed by atoms with van der Waals surface area (Å²) >= 11 is 0. The molecule has 4 aromatic rings. The van der Waals surface area contributed by atoms with Crippen LogP contribution in [0.4, 0.5) is 11.4 Å². The highest BCUT2D eigenvalue weighted by atomic mass is 32.2. The van der Waals surface area contributed by atoms with E-state index in [1.807, 2.05) is 26.0 Å². The van der Waals surface area contributed by atoms with Crippen molar-refractivity contribution in [3.63, 3.8) is 0 Å². The zero-order valence-electron chi connectivity index (χ0n) is 19.7. The first-order valence-electron chi connectivity index (χ1n) is 11.0. The van der Waals surface area contributed by atoms with Gasteiger partial charge in [0.2, 0.25) is 15.0 Å². The monoisotopic (exact) mass is 494 g/mol. The molecule has 0 saturated carbocycles. The van der Waals surface area contributed by atoms with Gasteiger partial charge in [0.1, 0.15) is 11.5 Å². The molecule has 9 nitrogen and oxygen atoms in total. The number of sulfone groups is 1. The highest BCUT2D eigenvalue weighted by molar-refractivity contribution is 7.91. The second-order valence-corrected chi connectivity index (χ2v) is 10.2. The third-order valence-corrected chi connectivity index (χ3v) is 7.09. The van der Waals surface area contributed by atoms with E-state index in [9.17, 15) is 13.2 Å². The molecule has 0 spiro atoms. The average Bonchev–Trinajstić information content (AvgIpc) is 3.55. The third-order valence-electron chi connectivity index (χ3n) is 5.58. The smallest absolute Gasteiger partial charge is 0.276 e. The van der Waals surface area contributed by atoms with Gasteiger partial charge in [-0.05, 0) is 61.4 Å². The molecule has 1 aromatic carbocycles. The molecular formula is C25H26N4O5S. The molecule has 35 heavy (non-hydrogen) atoms. The number of aromatic nitrogens is 2. The van der Waals surface area contributed by atoms with Crippen LogP contribution in [0.2, 0.25) is 0 Å². The molecule has 0 aliphatic heterocycles. The largest absolute Gasteiger partial charge is 0.467 e. The minimum Gasteiger partial charge on any atom is -0.467 e. The first-order chi connectivity index (χ1) is 16.8. The Labute approximate surface area is 203 Å². The maximum absolute atomic E-state index is 13.4. The summed E-state index contributed by atoms with van der Waals surface area (Å²) in [6.07, 6.45) is 4.47. The molecule has 1 amide bonds. The Bertz CT molecular complexity index is 1380. The number of furan rings is 2. The van der Waals surface area contributed by atoms with Crippen molar-refractivity contribution in [3.8, 4) is 0 Å². The molecule has 0 bridgehead atoms. The summed E-state index contributed by atoms with van der Waals surface area (Å²) in [6, 6.07) is 12.7. The minimum absolute atomic E-state index is 0.0663. The van der Waals surface area contributed by atoms with Crippen LogP contribution in [0.15, 0.2) is 75.2 Å². The zero-order valence-corrected chi connectivity index (χ0v) is 20.5. The minimum atomic E-state index is -3.74. The number of hydrogen-bond donors (Lipinski definition) is 1. The van der Waals surface area contributed by atoms with Gasteiger partial charge in [-0.3, -0.25) is 4.79 Å². The van der Waals surface area contributed by atoms with Crippen LogP contribution in [-0.4, -0.2) is 30.0 Å². The Kier molecular flexibility index (Phi) is 7.02. The fourth-order valence-electron chi connectivity index (χ4n) is 3.45. The van der Waals surface area contributed by atoms with Gasteiger partial charge in [-0.1, -0.05) is 13.0 Å². The van der Waals surface area contributed by atoms with Gasteiger partial charge in [0.15, 0.2) is 5.69 Å². The number of nitrogens with one attached hydrogen (secondary N) is 1. The van der Waals surface area contributed by atoms with Crippen LogP contribution < -0.4 is 10.2 Å². The van der Waals surface area contributed by atoms with Gasteiger partial charge >= 0.3 is 0 Å². The molecule has 3 aromatic heterocycles. The summed E-state index contributed by atoms with van der Waals surface area (Å²) in [5, 5.41) is 2.44. The summed E-state index contributed by atoms with van der Waals surface area (Å²) in [6.45, 7) is 5.98. The maximum atomic E-state index is 13.4. The Morgan fingerprint density at radius 2 is 1.66 bits per heavy atom. The number of hydrogen-bond acceptors (Lipinski definition) is 8. The molecule has 3 heterocycles. The summed E-state index contributed by atoms with van der Waals surface area (Å²) in [7, 11) is -3.74. The third kappa shape index (κ3) is 5.60. The molecule has 1 N–H and O–H groups in total. The van der Waals surface area contributed by atoms with E-state index in [4.69, 9.17) is 8.83 Å². The first kappa shape index (κ1) is 24.2. The Balaban J connectivity index is 1.78. The van der Waals surface area contributed by atoms with Crippen molar-refractivity contribution in [3.05, 3.63) is 89.5 Å². The van der Waals surface area contributed by atoms with Crippen LogP contribution in [0.5, 0.6) is 0 Å². The van der Waals surface area contributed by atoms with Crippen LogP contribution in [0.25, 0.3) is 0 Å². The van der Waals surface area contributed by atoms with Crippen LogP contribution in [0.1, 0.15) is 40.1 Å². The molecule has 0 atom stereocenters. The number of carbonyl (C=O) groups is 1. The lowest BCUT2D eigenvalue weighted by Gasteiger charge is -2.24. The van der Waals surface area contributed by atoms with Gasteiger partial charge in [0, 0.05) is 5.69 Å². The standard InChI is InChI=1S/C25H26N4O5S/c1-4-35(31,32)25-26-14-22(23(28-25)24(30)27-19-10-9-17(2)18(3)13-19)29(15-20-7-5-11-33-20)16-21-8-6-12-34-21/h5-14H,4,15-16H2,1-3H3,(H,27,30). The van der Waals surface area contributed by atoms with Crippen LogP contribution in [0, 0.1) is 13.8 Å². The fraction of sp³-hybridized carbons (Fsp3) is 0.240. The molecule has 0 fully saturated rings. The van der Waals surface area contributed by atoms with Crippen LogP contribution in [0.3, 0.4) is 0 Å². The number of aryl methyl sites for hydroxylation is 2. The van der Waals surface area contributed by atoms with Gasteiger partial charge in [0.05, 0.1) is 43.3 Å². The Hall–Kier alpha value is -3.92. The first-order valence-corrected chi connectivity index (χ1v) is 12.7. The van der Waals surface area contributed by atoms with Crippen molar-refractivity contribution in [2.75, 3.05) is 16.0 Å². The summed E-state index contributed by atoms with van der Waals surface area (Å²) in [4.78, 5) is 23.6. The van der Waals surface area contributed by atoms with Gasteiger partial charge < -0.3 is 19.1 Å². The quantitative estimate of drug-likeness (QED) is 0.337. The molecule has 0 aliphatic rings. The van der Waals surface area contributed by atoms with E-state index in [1.54, 1.807) is 47.8 Å². The molecule has 0 radical (unpaired) electrons. The SMILES string of the molecule is CCS(=O)(=O)c1ncc(N(Cc2ccco2)Cc2ccco2)c(C(=O)Nc2ccc(C)c(C)c2)n1. The van der Waals surface area contributed by atoms with Crippen LogP contribution >= 0.6 is 0 Å². The van der Waals surface area contributed by atoms with Crippen molar-refractivity contribution in [2.24, 2.45) is 0 Å². The lowest BCUT2D eigenvalue weighted by molar-refractivity contribution is 0.102. The number of anilines is 2. The second kappa shape index (κ2) is 10.1. The van der Waals surface area contributed by atoms with Crippen molar-refractivity contribution in [1.29, 1.82) is 0 Å². The normalized spacial score (nSPS) is 11.4. The van der Waals surface area contributed by atoms with E-state index < -0.39 is 20.9 Å². The average molecular weight is 495 g/mol. The maximum Gasteiger partial charge on any atom is 0.276 e. The van der Waals surface area contributed by atoms with Gasteiger partial charge in [0.25, 0.3) is 5.91 Å².